The van der Waals surface area contributed by atoms with Crippen molar-refractivity contribution in [3.63, 3.8) is 0 Å². The maximum absolute atomic E-state index is 13.2. The van der Waals surface area contributed by atoms with Crippen LogP contribution in [0.4, 0.5) is 0 Å². The van der Waals surface area contributed by atoms with E-state index >= 15 is 0 Å². The number of hydrogen-bond acceptors (Lipinski definition) is 2. The minimum Gasteiger partial charge on any atom is -0.332 e. The molecule has 0 unspecified atom stereocenters. The summed E-state index contributed by atoms with van der Waals surface area (Å²) < 4.78 is 0. The fourth-order valence-corrected chi connectivity index (χ4v) is 4.51. The highest BCUT2D eigenvalue weighted by molar-refractivity contribution is 6.31. The van der Waals surface area contributed by atoms with E-state index in [1.54, 1.807) is 6.07 Å². The molecule has 1 aromatic heterocycles. The fraction of sp³-hybridized carbons (Fsp3) is 0.217. The van der Waals surface area contributed by atoms with E-state index in [4.69, 9.17) is 11.6 Å². The number of hydrogen-bond donors (Lipinski definition) is 0. The van der Waals surface area contributed by atoms with Crippen LogP contribution in [0, 0.1) is 6.92 Å². The van der Waals surface area contributed by atoms with E-state index in [9.17, 15) is 4.79 Å². The molecule has 1 fully saturated rings. The number of rotatable bonds is 1. The van der Waals surface area contributed by atoms with E-state index in [2.05, 4.69) is 29.2 Å². The van der Waals surface area contributed by atoms with Crippen molar-refractivity contribution in [2.24, 2.45) is 0 Å². The van der Waals surface area contributed by atoms with Crippen LogP contribution in [0.1, 0.15) is 34.5 Å². The zero-order valence-corrected chi connectivity index (χ0v) is 16.0. The minimum absolute atomic E-state index is 0.0420. The number of carbonyl (C=O) groups is 1. The zero-order chi connectivity index (χ0) is 18.8. The van der Waals surface area contributed by atoms with Gasteiger partial charge in [-0.1, -0.05) is 35.9 Å². The summed E-state index contributed by atoms with van der Waals surface area (Å²) in [6.45, 7) is 2.02. The van der Waals surface area contributed by atoms with Gasteiger partial charge in [-0.2, -0.15) is 0 Å². The predicted octanol–water partition coefficient (Wildman–Crippen LogP) is 5.45. The summed E-state index contributed by atoms with van der Waals surface area (Å²) in [4.78, 5) is 19.5. The lowest BCUT2D eigenvalue weighted by Gasteiger charge is -2.27. The lowest BCUT2D eigenvalue weighted by atomic mass is 9.89. The Morgan fingerprint density at radius 2 is 1.81 bits per heavy atom. The first-order chi connectivity index (χ1) is 13.0. The molecule has 0 atom stereocenters. The first kappa shape index (κ1) is 16.5. The second-order valence-corrected chi connectivity index (χ2v) is 7.92. The quantitative estimate of drug-likeness (QED) is 0.567. The van der Waals surface area contributed by atoms with Crippen LogP contribution in [0.2, 0.25) is 5.02 Å². The van der Waals surface area contributed by atoms with Gasteiger partial charge in [-0.15, -0.1) is 0 Å². The molecular weight excluding hydrogens is 356 g/mol. The molecular formula is C23H19ClN2O. The molecule has 1 aliphatic carbocycles. The molecule has 0 N–H and O–H groups in total. The number of amides is 1. The summed E-state index contributed by atoms with van der Waals surface area (Å²) in [5.74, 6) is 0.0420. The van der Waals surface area contributed by atoms with Gasteiger partial charge in [0, 0.05) is 35.1 Å². The molecule has 0 saturated heterocycles. The van der Waals surface area contributed by atoms with E-state index < -0.39 is 0 Å². The largest absolute Gasteiger partial charge is 0.332 e. The molecule has 5 rings (SSSR count). The Morgan fingerprint density at radius 3 is 2.56 bits per heavy atom. The highest BCUT2D eigenvalue weighted by Gasteiger charge is 2.53. The normalized spacial score (nSPS) is 16.7. The molecule has 2 heterocycles. The molecule has 27 heavy (non-hydrogen) atoms. The molecule has 1 amide bonds. The van der Waals surface area contributed by atoms with Crippen molar-refractivity contribution < 1.29 is 4.79 Å². The van der Waals surface area contributed by atoms with Crippen LogP contribution in [0.15, 0.2) is 54.7 Å². The van der Waals surface area contributed by atoms with Gasteiger partial charge < -0.3 is 4.90 Å². The van der Waals surface area contributed by atoms with Gasteiger partial charge in [0.15, 0.2) is 0 Å². The van der Waals surface area contributed by atoms with E-state index in [-0.39, 0.29) is 11.4 Å². The number of aromatic nitrogens is 1. The van der Waals surface area contributed by atoms with Crippen LogP contribution < -0.4 is 0 Å². The average Bonchev–Trinajstić information content (AvgIpc) is 3.48. The van der Waals surface area contributed by atoms with Crippen molar-refractivity contribution in [2.45, 2.75) is 25.3 Å². The number of carbonyl (C=O) groups excluding carboxylic acids is 1. The number of aryl methyl sites for hydroxylation is 1. The second kappa shape index (κ2) is 5.67. The third kappa shape index (κ3) is 2.35. The van der Waals surface area contributed by atoms with Crippen molar-refractivity contribution in [1.82, 2.24) is 9.88 Å². The van der Waals surface area contributed by atoms with Gasteiger partial charge in [-0.3, -0.25) is 9.78 Å². The second-order valence-electron chi connectivity index (χ2n) is 7.48. The van der Waals surface area contributed by atoms with E-state index in [0.29, 0.717) is 10.6 Å². The average molecular weight is 375 g/mol. The predicted molar refractivity (Wildman–Crippen MR) is 108 cm³/mol. The van der Waals surface area contributed by atoms with E-state index in [0.717, 1.165) is 40.8 Å². The van der Waals surface area contributed by atoms with Crippen molar-refractivity contribution in [3.05, 3.63) is 76.6 Å². The number of benzene rings is 2. The van der Waals surface area contributed by atoms with Crippen molar-refractivity contribution >= 4 is 17.5 Å². The van der Waals surface area contributed by atoms with Gasteiger partial charge in [0.05, 0.1) is 5.54 Å². The highest BCUT2D eigenvalue weighted by Crippen LogP contribution is 2.56. The lowest BCUT2D eigenvalue weighted by molar-refractivity contribution is 0.0710. The Hall–Kier alpha value is -2.65. The Bertz CT molecular complexity index is 1100. The summed E-state index contributed by atoms with van der Waals surface area (Å²) in [6, 6.07) is 16.2. The lowest BCUT2D eigenvalue weighted by Crippen LogP contribution is -2.36. The zero-order valence-electron chi connectivity index (χ0n) is 15.3. The maximum atomic E-state index is 13.2. The first-order valence-electron chi connectivity index (χ1n) is 9.16. The van der Waals surface area contributed by atoms with Crippen LogP contribution >= 0.6 is 11.6 Å². The van der Waals surface area contributed by atoms with Gasteiger partial charge in [-0.05, 0) is 66.3 Å². The maximum Gasteiger partial charge on any atom is 0.255 e. The molecule has 2 aromatic carbocycles. The SMILES string of the molecule is Cc1ncccc1-c1ccc2c(c1)-c1ccc(Cl)cc1C(=O)N(C)C21CC1. The summed E-state index contributed by atoms with van der Waals surface area (Å²) in [6.07, 6.45) is 3.80. The minimum atomic E-state index is -0.194. The van der Waals surface area contributed by atoms with Gasteiger partial charge in [0.1, 0.15) is 0 Å². The fourth-order valence-electron chi connectivity index (χ4n) is 4.34. The van der Waals surface area contributed by atoms with Crippen LogP contribution in [-0.2, 0) is 5.54 Å². The van der Waals surface area contributed by atoms with Crippen molar-refractivity contribution in [3.8, 4) is 22.3 Å². The van der Waals surface area contributed by atoms with Crippen LogP contribution in [0.5, 0.6) is 0 Å². The molecule has 134 valence electrons. The summed E-state index contributed by atoms with van der Waals surface area (Å²) >= 11 is 6.23. The molecule has 0 bridgehead atoms. The molecule has 0 radical (unpaired) electrons. The standard InChI is InChI=1S/C23H19ClN2O/c1-14-17(4-3-11-25-14)15-5-8-21-19(12-15)18-7-6-16(24)13-20(18)22(27)26(2)23(21)9-10-23/h3-8,11-13H,9-10H2,1-2H3. The van der Waals surface area contributed by atoms with Crippen molar-refractivity contribution in [1.29, 1.82) is 0 Å². The summed E-state index contributed by atoms with van der Waals surface area (Å²) in [5.41, 5.74) is 7.02. The summed E-state index contributed by atoms with van der Waals surface area (Å²) in [7, 11) is 1.91. The molecule has 4 heteroatoms. The Morgan fingerprint density at radius 1 is 1.00 bits per heavy atom. The van der Waals surface area contributed by atoms with E-state index in [1.807, 2.05) is 43.3 Å². The third-order valence-electron chi connectivity index (χ3n) is 6.01. The Kier molecular flexibility index (Phi) is 3.47. The molecule has 2 aliphatic rings. The van der Waals surface area contributed by atoms with Crippen LogP contribution in [0.25, 0.3) is 22.3 Å². The molecule has 1 spiro atoms. The molecule has 3 nitrogen and oxygen atoms in total. The Balaban J connectivity index is 1.81. The van der Waals surface area contributed by atoms with Gasteiger partial charge >= 0.3 is 0 Å². The van der Waals surface area contributed by atoms with Gasteiger partial charge in [0.2, 0.25) is 0 Å². The molecule has 1 aliphatic heterocycles. The van der Waals surface area contributed by atoms with E-state index in [1.165, 1.54) is 5.56 Å². The first-order valence-corrected chi connectivity index (χ1v) is 9.54. The van der Waals surface area contributed by atoms with Gasteiger partial charge in [0.25, 0.3) is 5.91 Å². The van der Waals surface area contributed by atoms with Gasteiger partial charge in [-0.25, -0.2) is 0 Å². The number of fused-ring (bicyclic) bond motifs is 4. The van der Waals surface area contributed by atoms with Crippen LogP contribution in [0.3, 0.4) is 0 Å². The molecule has 3 aromatic rings. The monoisotopic (exact) mass is 374 g/mol. The summed E-state index contributed by atoms with van der Waals surface area (Å²) in [5, 5.41) is 0.586. The smallest absolute Gasteiger partial charge is 0.255 e. The molecule has 1 saturated carbocycles. The Labute approximate surface area is 163 Å². The van der Waals surface area contributed by atoms with Crippen LogP contribution in [-0.4, -0.2) is 22.8 Å². The van der Waals surface area contributed by atoms with Crippen molar-refractivity contribution in [2.75, 3.05) is 7.05 Å². The third-order valence-corrected chi connectivity index (χ3v) is 6.25. The highest BCUT2D eigenvalue weighted by atomic mass is 35.5. The number of halogens is 1. The number of nitrogens with zero attached hydrogens (tertiary/aromatic N) is 2. The topological polar surface area (TPSA) is 33.2 Å². The number of pyridine rings is 1.